The van der Waals surface area contributed by atoms with E-state index >= 15 is 0 Å². The average molecular weight is 461 g/mol. The minimum absolute atomic E-state index is 0.113. The van der Waals surface area contributed by atoms with Gasteiger partial charge >= 0.3 is 0 Å². The molecule has 1 aliphatic heterocycles. The van der Waals surface area contributed by atoms with Gasteiger partial charge in [0.15, 0.2) is 6.61 Å². The van der Waals surface area contributed by atoms with Crippen LogP contribution >= 0.6 is 15.9 Å². The summed E-state index contributed by atoms with van der Waals surface area (Å²) in [6, 6.07) is 5.90. The largest absolute Gasteiger partial charge is 0.483 e. The van der Waals surface area contributed by atoms with Crippen molar-refractivity contribution in [3.8, 4) is 5.75 Å². The highest BCUT2D eigenvalue weighted by atomic mass is 79.9. The Bertz CT molecular complexity index is 737. The molecule has 0 N–H and O–H groups in total. The quantitative estimate of drug-likeness (QED) is 0.648. The fourth-order valence-electron chi connectivity index (χ4n) is 7.12. The molecule has 6 rings (SSSR count). The summed E-state index contributed by atoms with van der Waals surface area (Å²) < 4.78 is 6.83. The molecule has 1 amide bonds. The van der Waals surface area contributed by atoms with Gasteiger partial charge in [0.1, 0.15) is 5.75 Å². The number of ether oxygens (including phenoxy) is 1. The van der Waals surface area contributed by atoms with Crippen molar-refractivity contribution in [2.45, 2.75) is 45.4 Å². The molecule has 5 aliphatic rings. The second kappa shape index (κ2) is 7.88. The molecule has 1 saturated heterocycles. The third kappa shape index (κ3) is 4.23. The molecule has 5 fully saturated rings. The number of carbonyl (C=O) groups is 1. The Morgan fingerprint density at radius 3 is 2.28 bits per heavy atom. The fraction of sp³-hybridized carbons (Fsp3) is 0.708. The van der Waals surface area contributed by atoms with Crippen LogP contribution in [0.1, 0.15) is 44.1 Å². The molecular weight excluding hydrogens is 428 g/mol. The Hall–Kier alpha value is -1.07. The maximum atomic E-state index is 12.6. The van der Waals surface area contributed by atoms with Gasteiger partial charge in [-0.15, -0.1) is 0 Å². The summed E-state index contributed by atoms with van der Waals surface area (Å²) in [6.45, 7) is 7.13. The van der Waals surface area contributed by atoms with Crippen LogP contribution < -0.4 is 4.74 Å². The van der Waals surface area contributed by atoms with E-state index in [-0.39, 0.29) is 12.5 Å². The van der Waals surface area contributed by atoms with Crippen molar-refractivity contribution < 1.29 is 9.53 Å². The first-order valence-corrected chi connectivity index (χ1v) is 12.2. The predicted octanol–water partition coefficient (Wildman–Crippen LogP) is 4.50. The highest BCUT2D eigenvalue weighted by Crippen LogP contribution is 2.60. The molecular formula is C24H33BrN2O2. The van der Waals surface area contributed by atoms with Crippen LogP contribution in [-0.2, 0) is 4.79 Å². The van der Waals surface area contributed by atoms with Crippen molar-refractivity contribution in [2.75, 3.05) is 39.3 Å². The van der Waals surface area contributed by atoms with Gasteiger partial charge in [-0.25, -0.2) is 0 Å². The van der Waals surface area contributed by atoms with Gasteiger partial charge < -0.3 is 9.64 Å². The molecule has 1 heterocycles. The highest BCUT2D eigenvalue weighted by Gasteiger charge is 2.51. The van der Waals surface area contributed by atoms with E-state index in [9.17, 15) is 4.79 Å². The summed E-state index contributed by atoms with van der Waals surface area (Å²) in [7, 11) is 0. The summed E-state index contributed by atoms with van der Waals surface area (Å²) in [5.74, 6) is 3.96. The van der Waals surface area contributed by atoms with Crippen LogP contribution in [0.25, 0.3) is 0 Å². The molecule has 29 heavy (non-hydrogen) atoms. The molecule has 4 bridgehead atoms. The number of nitrogens with zero attached hydrogens (tertiary/aromatic N) is 2. The Kier molecular flexibility index (Phi) is 5.40. The standard InChI is InChI=1S/C24H33BrN2O2/c1-17-8-21(25)2-3-22(17)29-15-23(28)27-6-4-26(5-7-27)16-24-12-18-9-19(13-24)11-20(10-18)14-24/h2-3,8,18-20H,4-7,9-16H2,1H3. The molecule has 4 aliphatic carbocycles. The zero-order valence-electron chi connectivity index (χ0n) is 17.5. The van der Waals surface area contributed by atoms with Gasteiger partial charge in [0.2, 0.25) is 0 Å². The van der Waals surface area contributed by atoms with Crippen LogP contribution in [0.2, 0.25) is 0 Å². The summed E-state index contributed by atoms with van der Waals surface area (Å²) in [6.07, 6.45) is 8.95. The number of piperazine rings is 1. The fourth-order valence-corrected chi connectivity index (χ4v) is 7.59. The van der Waals surface area contributed by atoms with E-state index in [1.165, 1.54) is 45.1 Å². The summed E-state index contributed by atoms with van der Waals surface area (Å²) in [4.78, 5) is 17.3. The second-order valence-electron chi connectivity index (χ2n) is 10.3. The number of amides is 1. The van der Waals surface area contributed by atoms with Gasteiger partial charge in [0.05, 0.1) is 0 Å². The van der Waals surface area contributed by atoms with Crippen LogP contribution in [0.3, 0.4) is 0 Å². The van der Waals surface area contributed by atoms with E-state index in [0.29, 0.717) is 5.41 Å². The third-order valence-electron chi connectivity index (χ3n) is 7.94. The summed E-state index contributed by atoms with van der Waals surface area (Å²) in [5.41, 5.74) is 1.65. The first kappa shape index (κ1) is 19.9. The zero-order chi connectivity index (χ0) is 20.0. The topological polar surface area (TPSA) is 32.8 Å². The monoisotopic (exact) mass is 460 g/mol. The van der Waals surface area contributed by atoms with E-state index in [4.69, 9.17) is 4.74 Å². The number of benzene rings is 1. The molecule has 4 nitrogen and oxygen atoms in total. The van der Waals surface area contributed by atoms with Crippen LogP contribution in [0.15, 0.2) is 22.7 Å². The van der Waals surface area contributed by atoms with Crippen molar-refractivity contribution in [3.05, 3.63) is 28.2 Å². The van der Waals surface area contributed by atoms with E-state index < -0.39 is 0 Å². The van der Waals surface area contributed by atoms with Crippen molar-refractivity contribution in [3.63, 3.8) is 0 Å². The highest BCUT2D eigenvalue weighted by molar-refractivity contribution is 9.10. The van der Waals surface area contributed by atoms with Crippen LogP contribution in [-0.4, -0.2) is 55.0 Å². The Balaban J connectivity index is 1.10. The molecule has 0 spiro atoms. The lowest BCUT2D eigenvalue weighted by Crippen LogP contribution is -2.55. The van der Waals surface area contributed by atoms with Crippen LogP contribution in [0.5, 0.6) is 5.75 Å². The lowest BCUT2D eigenvalue weighted by Gasteiger charge is -2.58. The van der Waals surface area contributed by atoms with Gasteiger partial charge in [-0.1, -0.05) is 15.9 Å². The van der Waals surface area contributed by atoms with Gasteiger partial charge in [0.25, 0.3) is 5.91 Å². The number of aryl methyl sites for hydroxylation is 1. The van der Waals surface area contributed by atoms with Gasteiger partial charge in [0, 0.05) is 37.2 Å². The molecule has 0 radical (unpaired) electrons. The predicted molar refractivity (Wildman–Crippen MR) is 118 cm³/mol. The minimum atomic E-state index is 0.113. The smallest absolute Gasteiger partial charge is 0.260 e. The molecule has 158 valence electrons. The number of carbonyl (C=O) groups excluding carboxylic acids is 1. The SMILES string of the molecule is Cc1cc(Br)ccc1OCC(=O)N1CCN(CC23CC4CC(CC(C4)C2)C3)CC1. The Morgan fingerprint density at radius 1 is 1.07 bits per heavy atom. The first-order chi connectivity index (χ1) is 14.0. The number of halogens is 1. The van der Waals surface area contributed by atoms with E-state index in [1.807, 2.05) is 30.0 Å². The average Bonchev–Trinajstić information content (AvgIpc) is 2.66. The molecule has 5 heteroatoms. The zero-order valence-corrected chi connectivity index (χ0v) is 19.1. The lowest BCUT2D eigenvalue weighted by atomic mass is 9.49. The summed E-state index contributed by atoms with van der Waals surface area (Å²) >= 11 is 3.47. The minimum Gasteiger partial charge on any atom is -0.483 e. The number of rotatable bonds is 5. The third-order valence-corrected chi connectivity index (χ3v) is 8.43. The second-order valence-corrected chi connectivity index (χ2v) is 11.2. The normalized spacial score (nSPS) is 33.9. The van der Waals surface area contributed by atoms with Crippen LogP contribution in [0, 0.1) is 30.1 Å². The number of hydrogen-bond donors (Lipinski definition) is 0. The Morgan fingerprint density at radius 2 is 1.69 bits per heavy atom. The molecule has 1 aromatic carbocycles. The maximum Gasteiger partial charge on any atom is 0.260 e. The molecule has 0 unspecified atom stereocenters. The van der Waals surface area contributed by atoms with Gasteiger partial charge in [-0.3, -0.25) is 9.69 Å². The van der Waals surface area contributed by atoms with E-state index in [1.54, 1.807) is 0 Å². The molecule has 4 saturated carbocycles. The lowest BCUT2D eigenvalue weighted by molar-refractivity contribution is -0.136. The molecule has 0 atom stereocenters. The van der Waals surface area contributed by atoms with E-state index in [2.05, 4.69) is 20.8 Å². The van der Waals surface area contributed by atoms with Crippen LogP contribution in [0.4, 0.5) is 0 Å². The number of hydrogen-bond acceptors (Lipinski definition) is 3. The van der Waals surface area contributed by atoms with E-state index in [0.717, 1.165) is 59.7 Å². The molecule has 1 aromatic rings. The molecule has 0 aromatic heterocycles. The summed E-state index contributed by atoms with van der Waals surface area (Å²) in [5, 5.41) is 0. The Labute approximate surface area is 183 Å². The maximum absolute atomic E-state index is 12.6. The van der Waals surface area contributed by atoms with Gasteiger partial charge in [-0.05, 0) is 92.4 Å². The van der Waals surface area contributed by atoms with Crippen molar-refractivity contribution in [2.24, 2.45) is 23.2 Å². The van der Waals surface area contributed by atoms with Crippen molar-refractivity contribution >= 4 is 21.8 Å². The van der Waals surface area contributed by atoms with Gasteiger partial charge in [-0.2, -0.15) is 0 Å². The van der Waals surface area contributed by atoms with Crippen molar-refractivity contribution in [1.29, 1.82) is 0 Å². The first-order valence-electron chi connectivity index (χ1n) is 11.4. The van der Waals surface area contributed by atoms with Crippen molar-refractivity contribution in [1.82, 2.24) is 9.80 Å².